The second-order valence-electron chi connectivity index (χ2n) is 18.4. The van der Waals surface area contributed by atoms with Crippen molar-refractivity contribution in [1.29, 1.82) is 0 Å². The number of carbonyl (C=O) groups is 3. The molecule has 5 aliphatic rings. The number of carboxylic acid groups (broad SMARTS) is 1. The molecule has 268 valence electrons. The zero-order valence-electron chi connectivity index (χ0n) is 30.9. The van der Waals surface area contributed by atoms with Crippen molar-refractivity contribution >= 4 is 17.9 Å². The molecule has 0 saturated heterocycles. The summed E-state index contributed by atoms with van der Waals surface area (Å²) in [6.07, 6.45) is 10.9. The summed E-state index contributed by atoms with van der Waals surface area (Å²) < 4.78 is 12.6. The van der Waals surface area contributed by atoms with Crippen LogP contribution in [0.15, 0.2) is 72.3 Å². The number of hydrogen-bond donors (Lipinski definition) is 1. The first-order valence-corrected chi connectivity index (χ1v) is 19.0. The second-order valence-corrected chi connectivity index (χ2v) is 18.4. The van der Waals surface area contributed by atoms with E-state index in [0.29, 0.717) is 23.5 Å². The van der Waals surface area contributed by atoms with Crippen LogP contribution in [-0.4, -0.2) is 35.7 Å². The summed E-state index contributed by atoms with van der Waals surface area (Å²) in [5, 5.41) is 10.7. The molecule has 0 aliphatic heterocycles. The van der Waals surface area contributed by atoms with Crippen molar-refractivity contribution in [3.8, 4) is 0 Å². The molecule has 6 nitrogen and oxygen atoms in total. The first kappa shape index (κ1) is 35.0. The lowest BCUT2D eigenvalue weighted by atomic mass is 9.33. The lowest BCUT2D eigenvalue weighted by Crippen LogP contribution is -2.66. The van der Waals surface area contributed by atoms with Gasteiger partial charge in [-0.25, -0.2) is 9.59 Å². The maximum absolute atomic E-state index is 13.5. The third-order valence-electron chi connectivity index (χ3n) is 15.6. The molecule has 0 amide bonds. The Bertz CT molecular complexity index is 1680. The maximum Gasteiger partial charge on any atom is 0.338 e. The van der Waals surface area contributed by atoms with Gasteiger partial charge in [0.05, 0.1) is 16.5 Å². The molecule has 9 atom stereocenters. The molecule has 2 aromatic rings. The van der Waals surface area contributed by atoms with E-state index in [9.17, 15) is 19.5 Å². The molecular formula is C44H56O6. The Balaban J connectivity index is 1.24. The van der Waals surface area contributed by atoms with Crippen LogP contribution in [0.1, 0.15) is 126 Å². The van der Waals surface area contributed by atoms with Gasteiger partial charge in [0.15, 0.2) is 0 Å². The zero-order valence-corrected chi connectivity index (χ0v) is 30.9. The van der Waals surface area contributed by atoms with Gasteiger partial charge in [0.1, 0.15) is 12.7 Å². The van der Waals surface area contributed by atoms with Crippen LogP contribution in [0, 0.1) is 50.2 Å². The maximum atomic E-state index is 13.5. The van der Waals surface area contributed by atoms with Gasteiger partial charge < -0.3 is 14.6 Å². The summed E-state index contributed by atoms with van der Waals surface area (Å²) in [6, 6.07) is 18.3. The van der Waals surface area contributed by atoms with E-state index in [1.165, 1.54) is 5.57 Å². The van der Waals surface area contributed by atoms with Crippen LogP contribution in [0.5, 0.6) is 0 Å². The summed E-state index contributed by atoms with van der Waals surface area (Å²) >= 11 is 0. The Morgan fingerprint density at radius 3 is 2.00 bits per heavy atom. The van der Waals surface area contributed by atoms with Gasteiger partial charge >= 0.3 is 17.9 Å². The monoisotopic (exact) mass is 680 g/mol. The molecule has 0 aromatic heterocycles. The van der Waals surface area contributed by atoms with E-state index in [1.807, 2.05) is 36.4 Å². The Labute approximate surface area is 298 Å². The largest absolute Gasteiger partial charge is 0.481 e. The summed E-state index contributed by atoms with van der Waals surface area (Å²) in [7, 11) is 0. The van der Waals surface area contributed by atoms with Crippen molar-refractivity contribution in [3.05, 3.63) is 83.4 Å². The van der Waals surface area contributed by atoms with Crippen LogP contribution in [-0.2, 0) is 14.3 Å². The van der Waals surface area contributed by atoms with E-state index in [0.717, 1.165) is 57.8 Å². The highest BCUT2D eigenvalue weighted by Gasteiger charge is 2.70. The number of esters is 2. The predicted octanol–water partition coefficient (Wildman–Crippen LogP) is 9.94. The van der Waals surface area contributed by atoms with E-state index < -0.39 is 22.9 Å². The van der Waals surface area contributed by atoms with Crippen molar-refractivity contribution in [2.45, 2.75) is 112 Å². The number of carbonyl (C=O) groups excluding carboxylic acids is 2. The number of allylic oxidation sites excluding steroid dienone is 2. The van der Waals surface area contributed by atoms with Gasteiger partial charge in [-0.1, -0.05) is 89.6 Å². The summed E-state index contributed by atoms with van der Waals surface area (Å²) in [6.45, 7) is 14.4. The van der Waals surface area contributed by atoms with Gasteiger partial charge in [0, 0.05) is 5.41 Å². The number of rotatable bonds is 6. The zero-order chi connectivity index (χ0) is 35.7. The smallest absolute Gasteiger partial charge is 0.338 e. The molecule has 4 fully saturated rings. The molecule has 2 aromatic carbocycles. The van der Waals surface area contributed by atoms with E-state index in [1.54, 1.807) is 24.3 Å². The van der Waals surface area contributed by atoms with E-state index in [2.05, 4.69) is 47.6 Å². The standard InChI is InChI=1S/C44H56O6/c1-39(2)23-25-44(38(47)48)26-24-42(5)31(32(44)27-39)17-18-34-40(3)21-20-35(50-37(46)30-15-11-8-12-16-30)41(4,33(40)19-22-43(34,42)6)28-49-36(45)29-13-9-7-10-14-29/h7-17,32-35H,18-28H2,1-6H3,(H,47,48)/t32-,33?,34-,35+,40+,41-,42-,43-,44+/m1/s1. The molecule has 6 heteroatoms. The van der Waals surface area contributed by atoms with Crippen LogP contribution in [0.2, 0.25) is 0 Å². The number of aliphatic carboxylic acids is 1. The molecule has 0 heterocycles. The van der Waals surface area contributed by atoms with Crippen molar-refractivity contribution < 1.29 is 29.0 Å². The quantitative estimate of drug-likeness (QED) is 0.241. The van der Waals surface area contributed by atoms with Crippen molar-refractivity contribution in [2.75, 3.05) is 6.61 Å². The minimum absolute atomic E-state index is 0.0102. The summed E-state index contributed by atoms with van der Waals surface area (Å²) in [5.74, 6) is -0.697. The minimum atomic E-state index is -0.660. The fraction of sp³-hybridized carbons (Fsp3) is 0.614. The van der Waals surface area contributed by atoms with Crippen molar-refractivity contribution in [1.82, 2.24) is 0 Å². The highest BCUT2D eigenvalue weighted by molar-refractivity contribution is 5.90. The fourth-order valence-electron chi connectivity index (χ4n) is 12.5. The first-order valence-electron chi connectivity index (χ1n) is 19.0. The molecule has 0 radical (unpaired) electrons. The molecule has 5 aliphatic carbocycles. The lowest BCUT2D eigenvalue weighted by Gasteiger charge is -2.71. The normalized spacial score (nSPS) is 40.1. The molecule has 7 rings (SSSR count). The fourth-order valence-corrected chi connectivity index (χ4v) is 12.5. The molecule has 1 N–H and O–H groups in total. The number of fused-ring (bicyclic) bond motifs is 7. The molecule has 4 saturated carbocycles. The molecule has 0 spiro atoms. The van der Waals surface area contributed by atoms with E-state index in [-0.39, 0.29) is 52.0 Å². The first-order chi connectivity index (χ1) is 23.6. The Morgan fingerprint density at radius 1 is 0.740 bits per heavy atom. The molecular weight excluding hydrogens is 624 g/mol. The Hall–Kier alpha value is -3.41. The van der Waals surface area contributed by atoms with Gasteiger partial charge in [0.2, 0.25) is 0 Å². The van der Waals surface area contributed by atoms with Crippen LogP contribution in [0.25, 0.3) is 0 Å². The SMILES string of the molecule is CC1(C)CC[C@]2(C(=O)O)CC[C@]3(C)C(=CC[C@@H]4[C@@]5(C)CC[C@H](OC(=O)c6ccccc6)[C@](C)(COC(=O)c6ccccc6)C5CC[C@]43C)[C@H]2C1. The van der Waals surface area contributed by atoms with Crippen LogP contribution >= 0.6 is 0 Å². The van der Waals surface area contributed by atoms with Crippen LogP contribution in [0.4, 0.5) is 0 Å². The van der Waals surface area contributed by atoms with E-state index in [4.69, 9.17) is 9.47 Å². The molecule has 1 unspecified atom stereocenters. The van der Waals surface area contributed by atoms with Gasteiger partial charge in [-0.2, -0.15) is 0 Å². The highest BCUT2D eigenvalue weighted by atomic mass is 16.6. The number of benzene rings is 2. The van der Waals surface area contributed by atoms with Crippen molar-refractivity contribution in [3.63, 3.8) is 0 Å². The average Bonchev–Trinajstić information content (AvgIpc) is 3.09. The van der Waals surface area contributed by atoms with Gasteiger partial charge in [0.25, 0.3) is 0 Å². The topological polar surface area (TPSA) is 89.9 Å². The third kappa shape index (κ3) is 5.20. The summed E-state index contributed by atoms with van der Waals surface area (Å²) in [4.78, 5) is 40.0. The lowest BCUT2D eigenvalue weighted by molar-refractivity contribution is -0.216. The third-order valence-corrected chi connectivity index (χ3v) is 15.6. The summed E-state index contributed by atoms with van der Waals surface area (Å²) in [5.41, 5.74) is 1.15. The predicted molar refractivity (Wildman–Crippen MR) is 193 cm³/mol. The van der Waals surface area contributed by atoms with Gasteiger partial charge in [-0.05, 0) is 128 Å². The van der Waals surface area contributed by atoms with Crippen LogP contribution in [0.3, 0.4) is 0 Å². The van der Waals surface area contributed by atoms with Gasteiger partial charge in [-0.3, -0.25) is 4.79 Å². The second kappa shape index (κ2) is 12.1. The molecule has 0 bridgehead atoms. The highest BCUT2D eigenvalue weighted by Crippen LogP contribution is 2.76. The molecule has 50 heavy (non-hydrogen) atoms. The number of hydrogen-bond acceptors (Lipinski definition) is 5. The number of carboxylic acids is 1. The van der Waals surface area contributed by atoms with E-state index >= 15 is 0 Å². The van der Waals surface area contributed by atoms with Gasteiger partial charge in [-0.15, -0.1) is 0 Å². The number of ether oxygens (including phenoxy) is 2. The average molecular weight is 681 g/mol. The van der Waals surface area contributed by atoms with Crippen LogP contribution < -0.4 is 0 Å². The minimum Gasteiger partial charge on any atom is -0.481 e. The Morgan fingerprint density at radius 2 is 1.36 bits per heavy atom. The van der Waals surface area contributed by atoms with Crippen molar-refractivity contribution in [2.24, 2.45) is 50.2 Å². The Kier molecular flexibility index (Phi) is 8.47.